The lowest BCUT2D eigenvalue weighted by Crippen LogP contribution is -2.25. The van der Waals surface area contributed by atoms with Crippen LogP contribution in [-0.4, -0.2) is 10.9 Å². The van der Waals surface area contributed by atoms with Crippen LogP contribution in [-0.2, 0) is 16.8 Å². The van der Waals surface area contributed by atoms with E-state index in [0.29, 0.717) is 6.42 Å². The van der Waals surface area contributed by atoms with Crippen LogP contribution >= 0.6 is 0 Å². The van der Waals surface area contributed by atoms with Gasteiger partial charge in [0.25, 0.3) is 0 Å². The minimum atomic E-state index is -1.09. The van der Waals surface area contributed by atoms with Crippen LogP contribution in [0.5, 0.6) is 0 Å². The van der Waals surface area contributed by atoms with Crippen molar-refractivity contribution in [2.24, 2.45) is 0 Å². The molecule has 0 aliphatic rings. The van der Waals surface area contributed by atoms with Gasteiger partial charge in [0.15, 0.2) is 0 Å². The van der Waals surface area contributed by atoms with E-state index in [9.17, 15) is 9.90 Å². The van der Waals surface area contributed by atoms with Gasteiger partial charge >= 0.3 is 0 Å². The van der Waals surface area contributed by atoms with Crippen molar-refractivity contribution in [3.8, 4) is 0 Å². The van der Waals surface area contributed by atoms with Gasteiger partial charge in [-0.05, 0) is 24.5 Å². The average molecular weight is 268 g/mol. The first-order chi connectivity index (χ1) is 9.58. The van der Waals surface area contributed by atoms with Crippen LogP contribution in [0, 0.1) is 0 Å². The standard InChI is InChI=1S/C18H20O2/c1-18(20,16-10-6-3-7-11-16)14-17(19)13-12-15-8-4-2-5-9-15/h2-11,20H,12-14H2,1H3. The molecule has 2 rings (SSSR count). The molecule has 0 spiro atoms. The van der Waals surface area contributed by atoms with Crippen LogP contribution in [0.1, 0.15) is 30.9 Å². The molecular weight excluding hydrogens is 248 g/mol. The maximum Gasteiger partial charge on any atom is 0.136 e. The van der Waals surface area contributed by atoms with Crippen molar-refractivity contribution in [1.29, 1.82) is 0 Å². The van der Waals surface area contributed by atoms with Gasteiger partial charge in [-0.3, -0.25) is 4.79 Å². The predicted octanol–water partition coefficient (Wildman–Crippen LogP) is 3.49. The van der Waals surface area contributed by atoms with Crippen molar-refractivity contribution in [1.82, 2.24) is 0 Å². The van der Waals surface area contributed by atoms with Crippen molar-refractivity contribution in [3.63, 3.8) is 0 Å². The van der Waals surface area contributed by atoms with Gasteiger partial charge in [-0.25, -0.2) is 0 Å². The van der Waals surface area contributed by atoms with Gasteiger partial charge in [0, 0.05) is 12.8 Å². The molecule has 0 bridgehead atoms. The Morgan fingerprint density at radius 1 is 1.00 bits per heavy atom. The van der Waals surface area contributed by atoms with Crippen molar-refractivity contribution in [2.75, 3.05) is 0 Å². The lowest BCUT2D eigenvalue weighted by atomic mass is 9.89. The van der Waals surface area contributed by atoms with Gasteiger partial charge in [0.1, 0.15) is 5.78 Å². The normalized spacial score (nSPS) is 13.7. The second-order valence-electron chi connectivity index (χ2n) is 5.34. The van der Waals surface area contributed by atoms with Crippen LogP contribution < -0.4 is 0 Å². The molecule has 0 aromatic heterocycles. The molecule has 2 heteroatoms. The molecule has 0 radical (unpaired) electrons. The Kier molecular flexibility index (Phi) is 4.70. The Hall–Kier alpha value is -1.93. The van der Waals surface area contributed by atoms with Gasteiger partial charge in [0.2, 0.25) is 0 Å². The predicted molar refractivity (Wildman–Crippen MR) is 80.4 cm³/mol. The lowest BCUT2D eigenvalue weighted by Gasteiger charge is -2.23. The summed E-state index contributed by atoms with van der Waals surface area (Å²) in [5.41, 5.74) is 0.850. The zero-order chi connectivity index (χ0) is 14.4. The molecule has 2 aromatic carbocycles. The van der Waals surface area contributed by atoms with Crippen molar-refractivity contribution in [2.45, 2.75) is 31.8 Å². The van der Waals surface area contributed by atoms with Crippen molar-refractivity contribution < 1.29 is 9.90 Å². The first-order valence-electron chi connectivity index (χ1n) is 6.91. The highest BCUT2D eigenvalue weighted by molar-refractivity contribution is 5.79. The van der Waals surface area contributed by atoms with Crippen LogP contribution in [0.2, 0.25) is 0 Å². The van der Waals surface area contributed by atoms with Crippen LogP contribution in [0.15, 0.2) is 60.7 Å². The van der Waals surface area contributed by atoms with E-state index in [1.54, 1.807) is 6.92 Å². The quantitative estimate of drug-likeness (QED) is 0.870. The molecule has 0 amide bonds. The Morgan fingerprint density at radius 2 is 1.55 bits per heavy atom. The fourth-order valence-corrected chi connectivity index (χ4v) is 2.30. The molecule has 0 heterocycles. The minimum absolute atomic E-state index is 0.0858. The first kappa shape index (κ1) is 14.5. The number of ketones is 1. The third kappa shape index (κ3) is 4.04. The average Bonchev–Trinajstić information content (AvgIpc) is 2.47. The molecule has 0 saturated heterocycles. The summed E-state index contributed by atoms with van der Waals surface area (Å²) in [5, 5.41) is 10.4. The second-order valence-corrected chi connectivity index (χ2v) is 5.34. The van der Waals surface area contributed by atoms with Crippen LogP contribution in [0.25, 0.3) is 0 Å². The van der Waals surface area contributed by atoms with Crippen molar-refractivity contribution >= 4 is 5.78 Å². The summed E-state index contributed by atoms with van der Waals surface area (Å²) >= 11 is 0. The molecule has 1 unspecified atom stereocenters. The summed E-state index contributed by atoms with van der Waals surface area (Å²) in [7, 11) is 0. The Morgan fingerprint density at radius 3 is 2.15 bits per heavy atom. The van der Waals surface area contributed by atoms with Gasteiger partial charge < -0.3 is 5.11 Å². The van der Waals surface area contributed by atoms with Crippen molar-refractivity contribution in [3.05, 3.63) is 71.8 Å². The van der Waals surface area contributed by atoms with E-state index in [4.69, 9.17) is 0 Å². The molecule has 1 atom stereocenters. The number of hydrogen-bond acceptors (Lipinski definition) is 2. The van der Waals surface area contributed by atoms with Crippen LogP contribution in [0.4, 0.5) is 0 Å². The molecular formula is C18H20O2. The zero-order valence-electron chi connectivity index (χ0n) is 11.8. The van der Waals surface area contributed by atoms with E-state index in [1.165, 1.54) is 0 Å². The summed E-state index contributed by atoms with van der Waals surface area (Å²) < 4.78 is 0. The number of aliphatic hydroxyl groups is 1. The molecule has 1 N–H and O–H groups in total. The zero-order valence-corrected chi connectivity index (χ0v) is 11.8. The number of benzene rings is 2. The largest absolute Gasteiger partial charge is 0.385 e. The van der Waals surface area contributed by atoms with Gasteiger partial charge in [-0.1, -0.05) is 60.7 Å². The molecule has 2 nitrogen and oxygen atoms in total. The maximum atomic E-state index is 12.0. The fourth-order valence-electron chi connectivity index (χ4n) is 2.30. The van der Waals surface area contributed by atoms with E-state index in [1.807, 2.05) is 60.7 Å². The van der Waals surface area contributed by atoms with E-state index < -0.39 is 5.60 Å². The Balaban J connectivity index is 1.91. The maximum absolute atomic E-state index is 12.0. The molecule has 20 heavy (non-hydrogen) atoms. The third-order valence-corrected chi connectivity index (χ3v) is 3.47. The monoisotopic (exact) mass is 268 g/mol. The molecule has 104 valence electrons. The van der Waals surface area contributed by atoms with Gasteiger partial charge in [-0.15, -0.1) is 0 Å². The Bertz CT molecular complexity index is 544. The minimum Gasteiger partial charge on any atom is -0.385 e. The summed E-state index contributed by atoms with van der Waals surface area (Å²) in [6.45, 7) is 1.70. The van der Waals surface area contributed by atoms with Gasteiger partial charge in [-0.2, -0.15) is 0 Å². The lowest BCUT2D eigenvalue weighted by molar-refractivity contribution is -0.123. The number of rotatable bonds is 6. The molecule has 2 aromatic rings. The third-order valence-electron chi connectivity index (χ3n) is 3.47. The highest BCUT2D eigenvalue weighted by Gasteiger charge is 2.25. The Labute approximate surface area is 120 Å². The van der Waals surface area contributed by atoms with E-state index in [0.717, 1.165) is 17.5 Å². The summed E-state index contributed by atoms with van der Waals surface area (Å²) in [5.74, 6) is 0.0858. The van der Waals surface area contributed by atoms with E-state index >= 15 is 0 Å². The summed E-state index contributed by atoms with van der Waals surface area (Å²) in [4.78, 5) is 12.0. The summed E-state index contributed by atoms with van der Waals surface area (Å²) in [6, 6.07) is 19.3. The fraction of sp³-hybridized carbons (Fsp3) is 0.278. The number of hydrogen-bond donors (Lipinski definition) is 1. The first-order valence-corrected chi connectivity index (χ1v) is 6.91. The number of aryl methyl sites for hydroxylation is 1. The molecule has 0 fully saturated rings. The smallest absolute Gasteiger partial charge is 0.136 e. The van der Waals surface area contributed by atoms with Gasteiger partial charge in [0.05, 0.1) is 5.60 Å². The number of Topliss-reactive ketones (excluding diaryl/α,β-unsaturated/α-hetero) is 1. The second kappa shape index (κ2) is 6.49. The van der Waals surface area contributed by atoms with Crippen LogP contribution in [0.3, 0.4) is 0 Å². The SMILES string of the molecule is CC(O)(CC(=O)CCc1ccccc1)c1ccccc1. The molecule has 0 aliphatic carbocycles. The number of carbonyl (C=O) groups is 1. The van der Waals surface area contributed by atoms with E-state index in [-0.39, 0.29) is 12.2 Å². The molecule has 0 aliphatic heterocycles. The topological polar surface area (TPSA) is 37.3 Å². The highest BCUT2D eigenvalue weighted by atomic mass is 16.3. The highest BCUT2D eigenvalue weighted by Crippen LogP contribution is 2.25. The van der Waals surface area contributed by atoms with E-state index in [2.05, 4.69) is 0 Å². The summed E-state index contributed by atoms with van der Waals surface area (Å²) in [6.07, 6.45) is 1.35. The number of carbonyl (C=O) groups excluding carboxylic acids is 1. The molecule has 0 saturated carbocycles.